The van der Waals surface area contributed by atoms with Gasteiger partial charge in [0.05, 0.1) is 24.1 Å². The van der Waals surface area contributed by atoms with Crippen molar-refractivity contribution in [2.24, 2.45) is 0 Å². The third kappa shape index (κ3) is 1.37. The Morgan fingerprint density at radius 3 is 2.87 bits per heavy atom. The van der Waals surface area contributed by atoms with E-state index in [0.717, 1.165) is 11.0 Å². The van der Waals surface area contributed by atoms with Gasteiger partial charge in [0, 0.05) is 5.39 Å². The van der Waals surface area contributed by atoms with E-state index in [4.69, 9.17) is 5.73 Å². The molecule has 0 atom stereocenters. The van der Waals surface area contributed by atoms with Crippen LogP contribution < -0.4 is 5.73 Å². The topological polar surface area (TPSA) is 56.7 Å². The largest absolute Gasteiger partial charge is 0.397 e. The molecule has 1 aliphatic rings. The lowest BCUT2D eigenvalue weighted by Gasteiger charge is -2.10. The lowest BCUT2D eigenvalue weighted by molar-refractivity contribution is 0.478. The standard InChI is InChI=1S/C11H14N4/c12-9-5-8-6-14-15(11(8)13-7-9)10-3-1-2-4-10/h5-7,10H,1-4,12H2. The van der Waals surface area contributed by atoms with Crippen LogP contribution in [-0.4, -0.2) is 14.8 Å². The van der Waals surface area contributed by atoms with Crippen LogP contribution in [0, 0.1) is 0 Å². The van der Waals surface area contributed by atoms with Gasteiger partial charge in [0.1, 0.15) is 0 Å². The maximum Gasteiger partial charge on any atom is 0.158 e. The Morgan fingerprint density at radius 2 is 2.07 bits per heavy atom. The molecule has 0 saturated heterocycles. The number of nitrogens with two attached hydrogens (primary N) is 1. The lowest BCUT2D eigenvalue weighted by atomic mass is 10.2. The molecule has 0 radical (unpaired) electrons. The third-order valence-corrected chi connectivity index (χ3v) is 3.13. The molecule has 2 heterocycles. The molecule has 78 valence electrons. The van der Waals surface area contributed by atoms with E-state index in [2.05, 4.69) is 14.8 Å². The molecule has 0 bridgehead atoms. The minimum absolute atomic E-state index is 0.540. The first kappa shape index (κ1) is 8.71. The summed E-state index contributed by atoms with van der Waals surface area (Å²) in [6.45, 7) is 0. The number of fused-ring (bicyclic) bond motifs is 1. The van der Waals surface area contributed by atoms with Crippen LogP contribution in [0.25, 0.3) is 11.0 Å². The van der Waals surface area contributed by atoms with E-state index in [1.807, 2.05) is 12.3 Å². The van der Waals surface area contributed by atoms with Gasteiger partial charge in [-0.2, -0.15) is 5.10 Å². The predicted molar refractivity (Wildman–Crippen MR) is 59.4 cm³/mol. The predicted octanol–water partition coefficient (Wildman–Crippen LogP) is 2.13. The van der Waals surface area contributed by atoms with Crippen molar-refractivity contribution in [3.63, 3.8) is 0 Å². The lowest BCUT2D eigenvalue weighted by Crippen LogP contribution is -2.06. The van der Waals surface area contributed by atoms with Gasteiger partial charge in [-0.3, -0.25) is 0 Å². The number of nitrogens with zero attached hydrogens (tertiary/aromatic N) is 3. The second-order valence-corrected chi connectivity index (χ2v) is 4.21. The molecular weight excluding hydrogens is 188 g/mol. The first-order chi connectivity index (χ1) is 7.34. The number of anilines is 1. The van der Waals surface area contributed by atoms with Crippen molar-refractivity contribution in [2.75, 3.05) is 5.73 Å². The number of rotatable bonds is 1. The molecule has 0 aliphatic heterocycles. The summed E-state index contributed by atoms with van der Waals surface area (Å²) in [7, 11) is 0. The van der Waals surface area contributed by atoms with Crippen molar-refractivity contribution in [2.45, 2.75) is 31.7 Å². The summed E-state index contributed by atoms with van der Waals surface area (Å²) in [6.07, 6.45) is 8.63. The van der Waals surface area contributed by atoms with Gasteiger partial charge in [-0.15, -0.1) is 0 Å². The van der Waals surface area contributed by atoms with Crippen LogP contribution in [0.2, 0.25) is 0 Å². The molecule has 1 fully saturated rings. The molecule has 4 nitrogen and oxygen atoms in total. The molecule has 0 aromatic carbocycles. The normalized spacial score (nSPS) is 17.6. The Balaban J connectivity index is 2.11. The highest BCUT2D eigenvalue weighted by atomic mass is 15.3. The third-order valence-electron chi connectivity index (χ3n) is 3.13. The molecule has 15 heavy (non-hydrogen) atoms. The van der Waals surface area contributed by atoms with Gasteiger partial charge < -0.3 is 5.73 Å². The fourth-order valence-electron chi connectivity index (χ4n) is 2.37. The average Bonchev–Trinajstić information content (AvgIpc) is 2.82. The van der Waals surface area contributed by atoms with Crippen LogP contribution in [-0.2, 0) is 0 Å². The molecule has 0 spiro atoms. The van der Waals surface area contributed by atoms with E-state index in [0.29, 0.717) is 11.7 Å². The fourth-order valence-corrected chi connectivity index (χ4v) is 2.37. The number of hydrogen-bond donors (Lipinski definition) is 1. The number of pyridine rings is 1. The number of hydrogen-bond acceptors (Lipinski definition) is 3. The Morgan fingerprint density at radius 1 is 1.27 bits per heavy atom. The summed E-state index contributed by atoms with van der Waals surface area (Å²) in [5.74, 6) is 0. The van der Waals surface area contributed by atoms with Crippen LogP contribution in [0.3, 0.4) is 0 Å². The molecule has 2 N–H and O–H groups in total. The Hall–Kier alpha value is -1.58. The monoisotopic (exact) mass is 202 g/mol. The van der Waals surface area contributed by atoms with Crippen LogP contribution >= 0.6 is 0 Å². The van der Waals surface area contributed by atoms with Crippen molar-refractivity contribution < 1.29 is 0 Å². The zero-order valence-corrected chi connectivity index (χ0v) is 8.56. The zero-order valence-electron chi connectivity index (χ0n) is 8.56. The highest BCUT2D eigenvalue weighted by molar-refractivity contribution is 5.77. The molecule has 0 unspecified atom stereocenters. The highest BCUT2D eigenvalue weighted by Gasteiger charge is 2.19. The summed E-state index contributed by atoms with van der Waals surface area (Å²) >= 11 is 0. The Kier molecular flexibility index (Phi) is 1.87. The average molecular weight is 202 g/mol. The van der Waals surface area contributed by atoms with Crippen molar-refractivity contribution in [1.82, 2.24) is 14.8 Å². The van der Waals surface area contributed by atoms with Crippen molar-refractivity contribution in [3.8, 4) is 0 Å². The quantitative estimate of drug-likeness (QED) is 0.770. The summed E-state index contributed by atoms with van der Waals surface area (Å²) in [5.41, 5.74) is 7.36. The summed E-state index contributed by atoms with van der Waals surface area (Å²) < 4.78 is 2.06. The van der Waals surface area contributed by atoms with Gasteiger partial charge in [-0.05, 0) is 18.9 Å². The molecule has 4 heteroatoms. The minimum Gasteiger partial charge on any atom is -0.397 e. The van der Waals surface area contributed by atoms with Crippen LogP contribution in [0.1, 0.15) is 31.7 Å². The Bertz CT molecular complexity index is 482. The molecule has 0 amide bonds. The van der Waals surface area contributed by atoms with E-state index < -0.39 is 0 Å². The van der Waals surface area contributed by atoms with E-state index in [-0.39, 0.29) is 0 Å². The van der Waals surface area contributed by atoms with Crippen LogP contribution in [0.5, 0.6) is 0 Å². The summed E-state index contributed by atoms with van der Waals surface area (Å²) in [5, 5.41) is 5.46. The van der Waals surface area contributed by atoms with E-state index >= 15 is 0 Å². The maximum absolute atomic E-state index is 5.69. The van der Waals surface area contributed by atoms with Crippen molar-refractivity contribution in [3.05, 3.63) is 18.5 Å². The minimum atomic E-state index is 0.540. The number of nitrogen functional groups attached to an aromatic ring is 1. The maximum atomic E-state index is 5.69. The summed E-state index contributed by atoms with van der Waals surface area (Å²) in [4.78, 5) is 4.36. The molecule has 2 aromatic rings. The first-order valence-electron chi connectivity index (χ1n) is 5.43. The van der Waals surface area contributed by atoms with Gasteiger partial charge in [0.2, 0.25) is 0 Å². The molecular formula is C11H14N4. The zero-order chi connectivity index (χ0) is 10.3. The van der Waals surface area contributed by atoms with Gasteiger partial charge >= 0.3 is 0 Å². The first-order valence-corrected chi connectivity index (χ1v) is 5.43. The number of aromatic nitrogens is 3. The molecule has 3 rings (SSSR count). The second-order valence-electron chi connectivity index (χ2n) is 4.21. The SMILES string of the molecule is Nc1cnc2c(cnn2C2CCCC2)c1. The van der Waals surface area contributed by atoms with Crippen LogP contribution in [0.4, 0.5) is 5.69 Å². The van der Waals surface area contributed by atoms with Crippen LogP contribution in [0.15, 0.2) is 18.5 Å². The summed E-state index contributed by atoms with van der Waals surface area (Å²) in [6, 6.07) is 2.47. The molecule has 1 saturated carbocycles. The van der Waals surface area contributed by atoms with E-state index in [1.54, 1.807) is 6.20 Å². The van der Waals surface area contributed by atoms with E-state index in [1.165, 1.54) is 25.7 Å². The highest BCUT2D eigenvalue weighted by Crippen LogP contribution is 2.31. The van der Waals surface area contributed by atoms with Gasteiger partial charge in [-0.25, -0.2) is 9.67 Å². The van der Waals surface area contributed by atoms with Crippen molar-refractivity contribution in [1.29, 1.82) is 0 Å². The second kappa shape index (κ2) is 3.22. The van der Waals surface area contributed by atoms with Gasteiger partial charge in [0.25, 0.3) is 0 Å². The van der Waals surface area contributed by atoms with Gasteiger partial charge in [0.15, 0.2) is 5.65 Å². The van der Waals surface area contributed by atoms with Crippen molar-refractivity contribution >= 4 is 16.7 Å². The smallest absolute Gasteiger partial charge is 0.158 e. The molecule has 2 aromatic heterocycles. The van der Waals surface area contributed by atoms with Gasteiger partial charge in [-0.1, -0.05) is 12.8 Å². The van der Waals surface area contributed by atoms with E-state index in [9.17, 15) is 0 Å². The molecule has 1 aliphatic carbocycles. The Labute approximate surface area is 88.1 Å². The fraction of sp³-hybridized carbons (Fsp3) is 0.455.